The van der Waals surface area contributed by atoms with Crippen molar-refractivity contribution in [1.82, 2.24) is 10.6 Å². The van der Waals surface area contributed by atoms with Crippen molar-refractivity contribution in [3.8, 4) is 11.5 Å². The highest BCUT2D eigenvalue weighted by Crippen LogP contribution is 2.29. The topological polar surface area (TPSA) is 59.6 Å². The van der Waals surface area contributed by atoms with Gasteiger partial charge in [-0.1, -0.05) is 0 Å². The van der Waals surface area contributed by atoms with Crippen LogP contribution in [0.15, 0.2) is 12.1 Å². The number of rotatable bonds is 4. The molecule has 0 bridgehead atoms. The zero-order valence-electron chi connectivity index (χ0n) is 12.1. The fourth-order valence-corrected chi connectivity index (χ4v) is 2.26. The monoisotopic (exact) mass is 318 g/mol. The molecule has 21 heavy (non-hydrogen) atoms. The first-order valence-corrected chi connectivity index (χ1v) is 6.58. The molecular weight excluding hydrogens is 299 g/mol. The Morgan fingerprint density at radius 1 is 1.24 bits per heavy atom. The van der Waals surface area contributed by atoms with Gasteiger partial charge in [-0.15, -0.1) is 12.4 Å². The lowest BCUT2D eigenvalue weighted by atomic mass is 10.1. The molecule has 1 fully saturated rings. The molecule has 0 saturated carbocycles. The van der Waals surface area contributed by atoms with Crippen molar-refractivity contribution in [3.63, 3.8) is 0 Å². The van der Waals surface area contributed by atoms with Crippen LogP contribution in [0.25, 0.3) is 0 Å². The largest absolute Gasteiger partial charge is 0.493 e. The summed E-state index contributed by atoms with van der Waals surface area (Å²) in [4.78, 5) is 12.1. The quantitative estimate of drug-likeness (QED) is 0.888. The lowest BCUT2D eigenvalue weighted by Crippen LogP contribution is -2.42. The van der Waals surface area contributed by atoms with Gasteiger partial charge in [-0.25, -0.2) is 4.39 Å². The van der Waals surface area contributed by atoms with Crippen molar-refractivity contribution in [2.24, 2.45) is 0 Å². The zero-order chi connectivity index (χ0) is 14.5. The summed E-state index contributed by atoms with van der Waals surface area (Å²) in [6.07, 6.45) is 1.70. The van der Waals surface area contributed by atoms with E-state index in [9.17, 15) is 9.18 Å². The Hall–Kier alpha value is -1.53. The van der Waals surface area contributed by atoms with Crippen LogP contribution in [-0.2, 0) is 0 Å². The van der Waals surface area contributed by atoms with Crippen LogP contribution < -0.4 is 20.1 Å². The second-order valence-corrected chi connectivity index (χ2v) is 4.68. The third-order valence-electron chi connectivity index (χ3n) is 3.39. The highest BCUT2D eigenvalue weighted by atomic mass is 35.5. The summed E-state index contributed by atoms with van der Waals surface area (Å²) in [5.41, 5.74) is -0.0267. The minimum atomic E-state index is -0.617. The Morgan fingerprint density at radius 3 is 2.38 bits per heavy atom. The van der Waals surface area contributed by atoms with Gasteiger partial charge in [0.05, 0.1) is 19.8 Å². The molecule has 0 aromatic heterocycles. The van der Waals surface area contributed by atoms with Crippen LogP contribution in [0, 0.1) is 5.82 Å². The van der Waals surface area contributed by atoms with Crippen molar-refractivity contribution < 1.29 is 18.7 Å². The third kappa shape index (κ3) is 4.22. The van der Waals surface area contributed by atoms with Crippen molar-refractivity contribution in [2.75, 3.05) is 27.3 Å². The summed E-state index contributed by atoms with van der Waals surface area (Å²) < 4.78 is 24.0. The van der Waals surface area contributed by atoms with Crippen molar-refractivity contribution in [1.29, 1.82) is 0 Å². The number of carbonyl (C=O) groups excluding carboxylic acids is 1. The van der Waals surface area contributed by atoms with E-state index in [2.05, 4.69) is 10.6 Å². The lowest BCUT2D eigenvalue weighted by Gasteiger charge is -2.23. The summed E-state index contributed by atoms with van der Waals surface area (Å²) in [6, 6.07) is 2.61. The molecule has 0 atom stereocenters. The first-order chi connectivity index (χ1) is 9.65. The van der Waals surface area contributed by atoms with E-state index in [1.54, 1.807) is 0 Å². The maximum Gasteiger partial charge on any atom is 0.254 e. The number of hydrogen-bond donors (Lipinski definition) is 2. The summed E-state index contributed by atoms with van der Waals surface area (Å²) in [6.45, 7) is 1.72. The predicted octanol–water partition coefficient (Wildman–Crippen LogP) is 1.75. The normalized spacial score (nSPS) is 15.0. The van der Waals surface area contributed by atoms with Crippen LogP contribution in [-0.4, -0.2) is 39.3 Å². The van der Waals surface area contributed by atoms with E-state index in [0.29, 0.717) is 5.75 Å². The maximum absolute atomic E-state index is 13.9. The fourth-order valence-electron chi connectivity index (χ4n) is 2.26. The summed E-state index contributed by atoms with van der Waals surface area (Å²) in [5.74, 6) is -0.433. The smallest absolute Gasteiger partial charge is 0.254 e. The highest BCUT2D eigenvalue weighted by Gasteiger charge is 2.21. The molecule has 1 heterocycles. The van der Waals surface area contributed by atoms with Gasteiger partial charge in [0.2, 0.25) is 0 Å². The Kier molecular flexibility index (Phi) is 6.71. The average molecular weight is 319 g/mol. The first-order valence-electron chi connectivity index (χ1n) is 6.58. The molecule has 1 aliphatic rings. The van der Waals surface area contributed by atoms with E-state index in [4.69, 9.17) is 9.47 Å². The van der Waals surface area contributed by atoms with Crippen LogP contribution in [0.5, 0.6) is 11.5 Å². The summed E-state index contributed by atoms with van der Waals surface area (Å²) in [7, 11) is 2.87. The molecule has 1 aromatic rings. The zero-order valence-corrected chi connectivity index (χ0v) is 12.9. The Balaban J connectivity index is 0.00000220. The molecular formula is C14H20ClFN2O3. The maximum atomic E-state index is 13.9. The number of ether oxygens (including phenoxy) is 2. The van der Waals surface area contributed by atoms with Gasteiger partial charge in [-0.3, -0.25) is 4.79 Å². The summed E-state index contributed by atoms with van der Waals surface area (Å²) in [5, 5.41) is 6.06. The molecule has 0 unspecified atom stereocenters. The van der Waals surface area contributed by atoms with E-state index in [-0.39, 0.29) is 29.8 Å². The van der Waals surface area contributed by atoms with E-state index < -0.39 is 11.7 Å². The number of halogens is 2. The number of hydrogen-bond acceptors (Lipinski definition) is 4. The van der Waals surface area contributed by atoms with Gasteiger partial charge < -0.3 is 20.1 Å². The number of nitrogens with one attached hydrogen (secondary N) is 2. The summed E-state index contributed by atoms with van der Waals surface area (Å²) >= 11 is 0. The lowest BCUT2D eigenvalue weighted by molar-refractivity contribution is 0.0925. The molecule has 0 spiro atoms. The van der Waals surface area contributed by atoms with Gasteiger partial charge in [0.1, 0.15) is 5.82 Å². The van der Waals surface area contributed by atoms with E-state index >= 15 is 0 Å². The van der Waals surface area contributed by atoms with Gasteiger partial charge in [0, 0.05) is 12.1 Å². The van der Waals surface area contributed by atoms with Crippen molar-refractivity contribution >= 4 is 18.3 Å². The predicted molar refractivity (Wildman–Crippen MR) is 80.1 cm³/mol. The van der Waals surface area contributed by atoms with Crippen LogP contribution >= 0.6 is 12.4 Å². The number of amides is 1. The Bertz CT molecular complexity index is 493. The molecule has 1 amide bonds. The van der Waals surface area contributed by atoms with Crippen molar-refractivity contribution in [2.45, 2.75) is 18.9 Å². The molecule has 118 valence electrons. The fraction of sp³-hybridized carbons (Fsp3) is 0.500. The molecule has 1 saturated heterocycles. The number of benzene rings is 1. The van der Waals surface area contributed by atoms with Crippen LogP contribution in [0.4, 0.5) is 4.39 Å². The molecule has 1 aromatic carbocycles. The number of piperidine rings is 1. The third-order valence-corrected chi connectivity index (χ3v) is 3.39. The van der Waals surface area contributed by atoms with Gasteiger partial charge in [-0.05, 0) is 32.0 Å². The number of methoxy groups -OCH3 is 2. The molecule has 1 aliphatic heterocycles. The second-order valence-electron chi connectivity index (χ2n) is 4.68. The minimum Gasteiger partial charge on any atom is -0.493 e. The molecule has 0 radical (unpaired) electrons. The van der Waals surface area contributed by atoms with E-state index in [1.165, 1.54) is 20.3 Å². The van der Waals surface area contributed by atoms with E-state index in [1.807, 2.05) is 0 Å². The van der Waals surface area contributed by atoms with E-state index in [0.717, 1.165) is 32.0 Å². The van der Waals surface area contributed by atoms with Crippen LogP contribution in [0.2, 0.25) is 0 Å². The SMILES string of the molecule is COc1cc(F)c(C(=O)NC2CCNCC2)cc1OC.Cl. The molecule has 0 aliphatic carbocycles. The number of carbonyl (C=O) groups is 1. The van der Waals surface area contributed by atoms with Crippen molar-refractivity contribution in [3.05, 3.63) is 23.5 Å². The highest BCUT2D eigenvalue weighted by molar-refractivity contribution is 5.95. The second kappa shape index (κ2) is 8.05. The average Bonchev–Trinajstić information content (AvgIpc) is 2.47. The Labute approximate surface area is 129 Å². The molecule has 7 heteroatoms. The van der Waals surface area contributed by atoms with Crippen LogP contribution in [0.3, 0.4) is 0 Å². The minimum absolute atomic E-state index is 0. The van der Waals surface area contributed by atoms with Gasteiger partial charge in [-0.2, -0.15) is 0 Å². The van der Waals surface area contributed by atoms with Gasteiger partial charge in [0.25, 0.3) is 5.91 Å². The Morgan fingerprint density at radius 2 is 1.81 bits per heavy atom. The molecule has 5 nitrogen and oxygen atoms in total. The molecule has 2 N–H and O–H groups in total. The first kappa shape index (κ1) is 17.5. The van der Waals surface area contributed by atoms with Gasteiger partial charge >= 0.3 is 0 Å². The standard InChI is InChI=1S/C14H19FN2O3.ClH/c1-19-12-7-10(11(15)8-13(12)20-2)14(18)17-9-3-5-16-6-4-9;/h7-9,16H,3-6H2,1-2H3,(H,17,18);1H. The molecule has 2 rings (SSSR count). The van der Waals surface area contributed by atoms with Gasteiger partial charge in [0.15, 0.2) is 11.5 Å². The van der Waals surface area contributed by atoms with Crippen LogP contribution in [0.1, 0.15) is 23.2 Å².